The minimum absolute atomic E-state index is 0.921. The van der Waals surface area contributed by atoms with Crippen LogP contribution in [-0.2, 0) is 0 Å². The molecule has 206 valence electrons. The van der Waals surface area contributed by atoms with Gasteiger partial charge in [-0.1, -0.05) is 97.1 Å². The molecule has 0 aliphatic rings. The number of benzene rings is 5. The molecule has 4 nitrogen and oxygen atoms in total. The van der Waals surface area contributed by atoms with Crippen LogP contribution in [0.5, 0.6) is 0 Å². The summed E-state index contributed by atoms with van der Waals surface area (Å²) in [4.78, 5) is 13.8. The van der Waals surface area contributed by atoms with Gasteiger partial charge in [-0.25, -0.2) is 9.97 Å². The van der Waals surface area contributed by atoms with Gasteiger partial charge in [0.1, 0.15) is 5.65 Å². The van der Waals surface area contributed by atoms with Crippen LogP contribution in [0.3, 0.4) is 0 Å². The fourth-order valence-corrected chi connectivity index (χ4v) is 6.56. The minimum atomic E-state index is 0.921. The lowest BCUT2D eigenvalue weighted by atomic mass is 9.99. The van der Waals surface area contributed by atoms with Crippen molar-refractivity contribution in [2.24, 2.45) is 0 Å². The van der Waals surface area contributed by atoms with Crippen LogP contribution < -0.4 is 0 Å². The summed E-state index contributed by atoms with van der Waals surface area (Å²) in [6.45, 7) is 0. The van der Waals surface area contributed by atoms with E-state index in [1.165, 1.54) is 16.2 Å². The van der Waals surface area contributed by atoms with Crippen LogP contribution in [0.4, 0.5) is 0 Å². The second-order valence-corrected chi connectivity index (χ2v) is 11.2. The van der Waals surface area contributed by atoms with Gasteiger partial charge in [-0.2, -0.15) is 0 Å². The van der Waals surface area contributed by atoms with Gasteiger partial charge < -0.3 is 4.98 Å². The number of hydrogen-bond acceptors (Lipinski definition) is 2. The predicted molar refractivity (Wildman–Crippen MR) is 182 cm³/mol. The normalized spacial score (nSPS) is 11.6. The van der Waals surface area contributed by atoms with Gasteiger partial charge in [-0.3, -0.25) is 4.57 Å². The molecule has 9 rings (SSSR count). The summed E-state index contributed by atoms with van der Waals surface area (Å²) in [5, 5.41) is 4.76. The second kappa shape index (κ2) is 9.79. The van der Waals surface area contributed by atoms with Crippen molar-refractivity contribution in [2.75, 3.05) is 0 Å². The number of aromatic nitrogens is 4. The first kappa shape index (κ1) is 24.6. The Bertz CT molecular complexity index is 2450. The Kier molecular flexibility index (Phi) is 5.47. The lowest BCUT2D eigenvalue weighted by Crippen LogP contribution is -1.97. The van der Waals surface area contributed by atoms with E-state index in [9.17, 15) is 0 Å². The van der Waals surface area contributed by atoms with Crippen LogP contribution in [0, 0.1) is 0 Å². The van der Waals surface area contributed by atoms with E-state index in [1.807, 2.05) is 12.3 Å². The number of H-pyrrole nitrogens is 1. The van der Waals surface area contributed by atoms with E-state index in [4.69, 9.17) is 9.97 Å². The molecule has 4 heterocycles. The van der Waals surface area contributed by atoms with Gasteiger partial charge in [0, 0.05) is 50.1 Å². The predicted octanol–water partition coefficient (Wildman–Crippen LogP) is 10.2. The maximum absolute atomic E-state index is 5.32. The topological polar surface area (TPSA) is 46.5 Å². The van der Waals surface area contributed by atoms with Crippen molar-refractivity contribution in [3.63, 3.8) is 0 Å². The fraction of sp³-hybridized carbons (Fsp3) is 0. The van der Waals surface area contributed by atoms with Crippen LogP contribution in [0.1, 0.15) is 0 Å². The van der Waals surface area contributed by atoms with E-state index >= 15 is 0 Å². The van der Waals surface area contributed by atoms with Crippen LogP contribution in [-0.4, -0.2) is 19.5 Å². The maximum atomic E-state index is 5.32. The minimum Gasteiger partial charge on any atom is -0.354 e. The van der Waals surface area contributed by atoms with Gasteiger partial charge >= 0.3 is 0 Å². The van der Waals surface area contributed by atoms with Crippen molar-refractivity contribution < 1.29 is 0 Å². The number of pyridine rings is 2. The van der Waals surface area contributed by atoms with Gasteiger partial charge in [0.2, 0.25) is 0 Å². The molecule has 5 aromatic carbocycles. The summed E-state index contributed by atoms with van der Waals surface area (Å²) in [6, 6.07) is 51.2. The third kappa shape index (κ3) is 3.85. The summed E-state index contributed by atoms with van der Waals surface area (Å²) >= 11 is 0. The van der Waals surface area contributed by atoms with E-state index in [2.05, 4.69) is 149 Å². The Labute approximate surface area is 253 Å². The first-order valence-corrected chi connectivity index (χ1v) is 14.8. The average molecular weight is 563 g/mol. The molecule has 9 aromatic rings. The molecule has 0 aliphatic heterocycles. The molecular formula is C40H26N4. The van der Waals surface area contributed by atoms with Gasteiger partial charge in [-0.15, -0.1) is 0 Å². The number of aromatic amines is 1. The van der Waals surface area contributed by atoms with E-state index in [1.54, 1.807) is 0 Å². The van der Waals surface area contributed by atoms with Crippen molar-refractivity contribution in [2.45, 2.75) is 0 Å². The molecule has 1 N–H and O–H groups in total. The summed E-state index contributed by atoms with van der Waals surface area (Å²) in [6.07, 6.45) is 1.86. The monoisotopic (exact) mass is 562 g/mol. The smallest absolute Gasteiger partial charge is 0.145 e. The van der Waals surface area contributed by atoms with E-state index < -0.39 is 0 Å². The lowest BCUT2D eigenvalue weighted by molar-refractivity contribution is 1.13. The third-order valence-electron chi connectivity index (χ3n) is 8.58. The largest absolute Gasteiger partial charge is 0.354 e. The zero-order valence-corrected chi connectivity index (χ0v) is 23.8. The quantitative estimate of drug-likeness (QED) is 0.232. The Balaban J connectivity index is 1.27. The summed E-state index contributed by atoms with van der Waals surface area (Å²) in [5.74, 6) is 0. The molecular weight excluding hydrogens is 536 g/mol. The number of hydrogen-bond donors (Lipinski definition) is 1. The molecule has 0 aliphatic carbocycles. The lowest BCUT2D eigenvalue weighted by Gasteiger charge is -2.13. The van der Waals surface area contributed by atoms with Crippen molar-refractivity contribution in [3.05, 3.63) is 152 Å². The highest BCUT2D eigenvalue weighted by Gasteiger charge is 2.16. The number of fused-ring (bicyclic) bond motifs is 6. The summed E-state index contributed by atoms with van der Waals surface area (Å²) in [5.41, 5.74) is 11.6. The molecule has 0 saturated carbocycles. The SMILES string of the molecule is c1ccc(-c2cc(-c3cccc(-n4c5ccccc5c5cccnc54)c3)nc(-c3cccc4c3[nH]c3ccccc34)c2)cc1. The average Bonchev–Trinajstić information content (AvgIpc) is 3.65. The zero-order valence-electron chi connectivity index (χ0n) is 23.8. The maximum Gasteiger partial charge on any atom is 0.145 e. The molecule has 0 spiro atoms. The standard InChI is InChI=1S/C40H26N4/c1-2-11-26(12-3-1)28-24-36(42-37(25-28)34-18-9-17-32-30-15-4-6-20-35(30)43-39(32)34)27-13-8-14-29(23-27)44-38-21-7-5-16-31(38)33-19-10-22-41-40(33)44/h1-25,43H. The number of rotatable bonds is 4. The van der Waals surface area contributed by atoms with Crippen LogP contribution in [0.2, 0.25) is 0 Å². The van der Waals surface area contributed by atoms with Gasteiger partial charge in [-0.05, 0) is 59.7 Å². The Morgan fingerprint density at radius 3 is 2.16 bits per heavy atom. The van der Waals surface area contributed by atoms with Crippen LogP contribution in [0.25, 0.3) is 83.1 Å². The third-order valence-corrected chi connectivity index (χ3v) is 8.58. The number of para-hydroxylation sites is 3. The van der Waals surface area contributed by atoms with E-state index in [0.717, 1.165) is 66.9 Å². The molecule has 0 atom stereocenters. The van der Waals surface area contributed by atoms with Gasteiger partial charge in [0.15, 0.2) is 0 Å². The highest BCUT2D eigenvalue weighted by atomic mass is 15.0. The Morgan fingerprint density at radius 1 is 0.500 bits per heavy atom. The molecule has 0 saturated heterocycles. The first-order chi connectivity index (χ1) is 21.8. The van der Waals surface area contributed by atoms with E-state index in [0.29, 0.717) is 0 Å². The second-order valence-electron chi connectivity index (χ2n) is 11.2. The highest BCUT2D eigenvalue weighted by molar-refractivity contribution is 6.12. The molecule has 0 bridgehead atoms. The molecule has 0 unspecified atom stereocenters. The molecule has 44 heavy (non-hydrogen) atoms. The number of nitrogens with one attached hydrogen (secondary N) is 1. The molecule has 0 fully saturated rings. The highest BCUT2D eigenvalue weighted by Crippen LogP contribution is 2.37. The Morgan fingerprint density at radius 2 is 1.23 bits per heavy atom. The van der Waals surface area contributed by atoms with E-state index in [-0.39, 0.29) is 0 Å². The van der Waals surface area contributed by atoms with Crippen molar-refractivity contribution in [1.82, 2.24) is 19.5 Å². The molecule has 4 heteroatoms. The van der Waals surface area contributed by atoms with Gasteiger partial charge in [0.05, 0.1) is 22.4 Å². The zero-order chi connectivity index (χ0) is 29.0. The summed E-state index contributed by atoms with van der Waals surface area (Å²) < 4.78 is 2.25. The van der Waals surface area contributed by atoms with Crippen LogP contribution in [0.15, 0.2) is 152 Å². The fourth-order valence-electron chi connectivity index (χ4n) is 6.56. The van der Waals surface area contributed by atoms with Gasteiger partial charge in [0.25, 0.3) is 0 Å². The summed E-state index contributed by atoms with van der Waals surface area (Å²) in [7, 11) is 0. The van der Waals surface area contributed by atoms with Crippen molar-refractivity contribution in [1.29, 1.82) is 0 Å². The van der Waals surface area contributed by atoms with Crippen LogP contribution >= 0.6 is 0 Å². The first-order valence-electron chi connectivity index (χ1n) is 14.8. The molecule has 0 radical (unpaired) electrons. The Hall–Kier alpha value is -6.00. The molecule has 0 amide bonds. The van der Waals surface area contributed by atoms with Crippen molar-refractivity contribution in [3.8, 4) is 39.3 Å². The molecule has 4 aromatic heterocycles. The van der Waals surface area contributed by atoms with Crippen molar-refractivity contribution >= 4 is 43.7 Å². The number of nitrogens with zero attached hydrogens (tertiary/aromatic N) is 3.